The maximum atomic E-state index is 12.2. The highest BCUT2D eigenvalue weighted by atomic mass is 32.2. The highest BCUT2D eigenvalue weighted by Crippen LogP contribution is 2.19. The van der Waals surface area contributed by atoms with E-state index in [-0.39, 0.29) is 17.9 Å². The van der Waals surface area contributed by atoms with Gasteiger partial charge in [0.05, 0.1) is 12.3 Å². The summed E-state index contributed by atoms with van der Waals surface area (Å²) in [6.07, 6.45) is 1.90. The van der Waals surface area contributed by atoms with Crippen molar-refractivity contribution < 1.29 is 17.7 Å². The average Bonchev–Trinajstić information content (AvgIpc) is 2.85. The van der Waals surface area contributed by atoms with Crippen LogP contribution in [0.15, 0.2) is 10.6 Å². The van der Waals surface area contributed by atoms with E-state index < -0.39 is 16.1 Å². The lowest BCUT2D eigenvalue weighted by molar-refractivity contribution is -0.118. The molecule has 1 aromatic rings. The van der Waals surface area contributed by atoms with E-state index in [9.17, 15) is 13.2 Å². The Balaban J connectivity index is 1.88. The number of aryl methyl sites for hydroxylation is 1. The lowest BCUT2D eigenvalue weighted by Gasteiger charge is -2.37. The number of hydrogen-bond acceptors (Lipinski definition) is 6. The molecular formula is C14H24N4O4S. The first-order valence-corrected chi connectivity index (χ1v) is 9.47. The van der Waals surface area contributed by atoms with E-state index in [0.717, 1.165) is 0 Å². The molecule has 1 saturated heterocycles. The SMILES string of the molecule is Cc1cc(NC(=O)C(C)NC2CCN(S(C)(=O)=O)CC2C)no1. The largest absolute Gasteiger partial charge is 0.360 e. The molecule has 1 aliphatic heterocycles. The van der Waals surface area contributed by atoms with Crippen LogP contribution in [0.1, 0.15) is 26.0 Å². The van der Waals surface area contributed by atoms with Crippen molar-refractivity contribution in [1.82, 2.24) is 14.8 Å². The summed E-state index contributed by atoms with van der Waals surface area (Å²) in [5, 5.41) is 9.69. The molecule has 2 N–H and O–H groups in total. The second kappa shape index (κ2) is 6.98. The number of anilines is 1. The molecule has 2 rings (SSSR count). The van der Waals surface area contributed by atoms with E-state index in [4.69, 9.17) is 4.52 Å². The van der Waals surface area contributed by atoms with E-state index in [1.165, 1.54) is 10.6 Å². The molecule has 1 amide bonds. The average molecular weight is 344 g/mol. The van der Waals surface area contributed by atoms with Gasteiger partial charge in [0.2, 0.25) is 15.9 Å². The van der Waals surface area contributed by atoms with Crippen LogP contribution < -0.4 is 10.6 Å². The Labute approximate surface area is 136 Å². The summed E-state index contributed by atoms with van der Waals surface area (Å²) < 4.78 is 29.6. The van der Waals surface area contributed by atoms with Gasteiger partial charge in [0, 0.05) is 25.2 Å². The summed E-state index contributed by atoms with van der Waals surface area (Å²) in [6, 6.07) is 1.33. The number of amides is 1. The molecule has 3 unspecified atom stereocenters. The van der Waals surface area contributed by atoms with Crippen molar-refractivity contribution in [1.29, 1.82) is 0 Å². The molecule has 0 aliphatic carbocycles. The van der Waals surface area contributed by atoms with Gasteiger partial charge >= 0.3 is 0 Å². The Bertz CT molecular complexity index is 657. The predicted octanol–water partition coefficient (Wildman–Crippen LogP) is 0.570. The van der Waals surface area contributed by atoms with Crippen molar-refractivity contribution in [3.63, 3.8) is 0 Å². The van der Waals surface area contributed by atoms with Gasteiger partial charge < -0.3 is 15.2 Å². The van der Waals surface area contributed by atoms with Gasteiger partial charge in [-0.1, -0.05) is 12.1 Å². The van der Waals surface area contributed by atoms with Gasteiger partial charge in [0.15, 0.2) is 5.82 Å². The Morgan fingerprint density at radius 1 is 1.52 bits per heavy atom. The summed E-state index contributed by atoms with van der Waals surface area (Å²) in [6.45, 7) is 6.45. The van der Waals surface area contributed by atoms with Crippen LogP contribution in [-0.2, 0) is 14.8 Å². The fraction of sp³-hybridized carbons (Fsp3) is 0.714. The molecule has 0 saturated carbocycles. The van der Waals surface area contributed by atoms with Gasteiger partial charge in [0.1, 0.15) is 5.76 Å². The van der Waals surface area contributed by atoms with Crippen LogP contribution in [0.2, 0.25) is 0 Å². The minimum atomic E-state index is -3.16. The molecule has 130 valence electrons. The van der Waals surface area contributed by atoms with Crippen LogP contribution in [0.3, 0.4) is 0 Å². The summed E-state index contributed by atoms with van der Waals surface area (Å²) in [7, 11) is -3.16. The minimum Gasteiger partial charge on any atom is -0.360 e. The maximum Gasteiger partial charge on any atom is 0.242 e. The Morgan fingerprint density at radius 3 is 2.74 bits per heavy atom. The Hall–Kier alpha value is -1.45. The highest BCUT2D eigenvalue weighted by molar-refractivity contribution is 7.88. The topological polar surface area (TPSA) is 105 Å². The van der Waals surface area contributed by atoms with Crippen LogP contribution in [0.5, 0.6) is 0 Å². The van der Waals surface area contributed by atoms with Gasteiger partial charge in [-0.05, 0) is 26.2 Å². The van der Waals surface area contributed by atoms with Gasteiger partial charge in [-0.3, -0.25) is 4.79 Å². The lowest BCUT2D eigenvalue weighted by Crippen LogP contribution is -2.53. The molecule has 0 spiro atoms. The van der Waals surface area contributed by atoms with E-state index in [1.807, 2.05) is 6.92 Å². The molecule has 1 aliphatic rings. The van der Waals surface area contributed by atoms with Crippen molar-refractivity contribution in [2.45, 2.75) is 39.3 Å². The van der Waals surface area contributed by atoms with Gasteiger partial charge in [-0.15, -0.1) is 0 Å². The number of carbonyl (C=O) groups is 1. The van der Waals surface area contributed by atoms with Gasteiger partial charge in [-0.25, -0.2) is 12.7 Å². The number of carbonyl (C=O) groups excluding carboxylic acids is 1. The Morgan fingerprint density at radius 2 is 2.22 bits per heavy atom. The van der Waals surface area contributed by atoms with Crippen LogP contribution in [0.4, 0.5) is 5.82 Å². The second-order valence-corrected chi connectivity index (χ2v) is 8.18. The van der Waals surface area contributed by atoms with Crippen molar-refractivity contribution in [3.05, 3.63) is 11.8 Å². The molecule has 9 heteroatoms. The molecule has 2 heterocycles. The quantitative estimate of drug-likeness (QED) is 0.809. The number of hydrogen-bond donors (Lipinski definition) is 2. The maximum absolute atomic E-state index is 12.2. The van der Waals surface area contributed by atoms with Crippen LogP contribution >= 0.6 is 0 Å². The lowest BCUT2D eigenvalue weighted by atomic mass is 9.94. The number of aromatic nitrogens is 1. The van der Waals surface area contributed by atoms with E-state index >= 15 is 0 Å². The molecule has 1 fully saturated rings. The van der Waals surface area contributed by atoms with Crippen molar-refractivity contribution >= 4 is 21.7 Å². The van der Waals surface area contributed by atoms with Crippen molar-refractivity contribution in [3.8, 4) is 0 Å². The van der Waals surface area contributed by atoms with Crippen molar-refractivity contribution in [2.24, 2.45) is 5.92 Å². The number of nitrogens with zero attached hydrogens (tertiary/aromatic N) is 2. The second-order valence-electron chi connectivity index (χ2n) is 6.19. The summed E-state index contributed by atoms with van der Waals surface area (Å²) in [4.78, 5) is 12.2. The molecule has 0 aromatic carbocycles. The standard InChI is InChI=1S/C14H24N4O4S/c1-9-8-18(23(4,20)21)6-5-12(9)15-11(3)14(19)16-13-7-10(2)22-17-13/h7,9,11-12,15H,5-6,8H2,1-4H3,(H,16,17,19). The van der Waals surface area contributed by atoms with Crippen LogP contribution in [0.25, 0.3) is 0 Å². The zero-order chi connectivity index (χ0) is 17.2. The minimum absolute atomic E-state index is 0.0906. The molecule has 8 nitrogen and oxygen atoms in total. The zero-order valence-corrected chi connectivity index (χ0v) is 14.7. The fourth-order valence-corrected chi connectivity index (χ4v) is 3.66. The summed E-state index contributed by atoms with van der Waals surface area (Å²) >= 11 is 0. The molecule has 0 bridgehead atoms. The first-order valence-electron chi connectivity index (χ1n) is 7.62. The molecule has 3 atom stereocenters. The number of sulfonamides is 1. The normalized spacial score (nSPS) is 24.3. The van der Waals surface area contributed by atoms with Gasteiger partial charge in [-0.2, -0.15) is 0 Å². The van der Waals surface area contributed by atoms with E-state index in [1.54, 1.807) is 19.9 Å². The molecular weight excluding hydrogens is 320 g/mol. The van der Waals surface area contributed by atoms with Crippen LogP contribution in [-0.4, -0.2) is 55.2 Å². The Kier molecular flexibility index (Phi) is 5.43. The van der Waals surface area contributed by atoms with E-state index in [0.29, 0.717) is 31.1 Å². The van der Waals surface area contributed by atoms with Crippen LogP contribution in [0, 0.1) is 12.8 Å². The number of rotatable bonds is 5. The zero-order valence-electron chi connectivity index (χ0n) is 13.9. The number of nitrogens with one attached hydrogen (secondary N) is 2. The van der Waals surface area contributed by atoms with Crippen molar-refractivity contribution in [2.75, 3.05) is 24.7 Å². The third kappa shape index (κ3) is 4.76. The first kappa shape index (κ1) is 17.9. The fourth-order valence-electron chi connectivity index (χ4n) is 2.71. The molecule has 1 aromatic heterocycles. The monoisotopic (exact) mass is 344 g/mol. The molecule has 23 heavy (non-hydrogen) atoms. The smallest absolute Gasteiger partial charge is 0.242 e. The third-order valence-electron chi connectivity index (χ3n) is 4.07. The van der Waals surface area contributed by atoms with E-state index in [2.05, 4.69) is 15.8 Å². The summed E-state index contributed by atoms with van der Waals surface area (Å²) in [5.74, 6) is 0.947. The first-order chi connectivity index (χ1) is 10.7. The predicted molar refractivity (Wildman–Crippen MR) is 86.5 cm³/mol. The highest BCUT2D eigenvalue weighted by Gasteiger charge is 2.32. The third-order valence-corrected chi connectivity index (χ3v) is 5.34. The number of piperidine rings is 1. The summed E-state index contributed by atoms with van der Waals surface area (Å²) in [5.41, 5.74) is 0. The molecule has 0 radical (unpaired) electrons. The van der Waals surface area contributed by atoms with Gasteiger partial charge in [0.25, 0.3) is 0 Å².